The number of hydrogen-bond donors (Lipinski definition) is 2. The minimum atomic E-state index is -1.02. The number of carbonyl (C=O) groups excluding carboxylic acids is 1. The summed E-state index contributed by atoms with van der Waals surface area (Å²) in [6.45, 7) is 5.89. The monoisotopic (exact) mass is 652 g/mol. The second kappa shape index (κ2) is 33.0. The van der Waals surface area contributed by atoms with Crippen LogP contribution in [0.5, 0.6) is 0 Å². The number of hydrogen-bond acceptors (Lipinski definition) is 4. The lowest BCUT2D eigenvalue weighted by Gasteiger charge is -2.39. The molecule has 0 saturated heterocycles. The number of aliphatic carboxylic acids is 3. The number of carboxylic acid groups (broad SMARTS) is 3. The van der Waals surface area contributed by atoms with Crippen molar-refractivity contribution in [2.45, 2.75) is 193 Å². The normalized spacial score (nSPS) is 11.8. The highest BCUT2D eigenvalue weighted by Gasteiger charge is 2.26. The lowest BCUT2D eigenvalue weighted by molar-refractivity contribution is -0.929. The molecule has 0 unspecified atom stereocenters. The lowest BCUT2D eigenvalue weighted by Crippen LogP contribution is -2.51. The summed E-state index contributed by atoms with van der Waals surface area (Å²) in [4.78, 5) is 33.0. The van der Waals surface area contributed by atoms with Crippen LogP contribution in [0.3, 0.4) is 0 Å². The van der Waals surface area contributed by atoms with Gasteiger partial charge >= 0.3 is 11.9 Å². The molecule has 7 nitrogen and oxygen atoms in total. The fourth-order valence-corrected chi connectivity index (χ4v) is 6.59. The van der Waals surface area contributed by atoms with Crippen molar-refractivity contribution in [1.82, 2.24) is 0 Å². The van der Waals surface area contributed by atoms with E-state index in [4.69, 9.17) is 10.2 Å². The predicted octanol–water partition coefficient (Wildman–Crippen LogP) is 9.61. The van der Waals surface area contributed by atoms with E-state index in [2.05, 4.69) is 19.1 Å². The molecule has 0 saturated carbocycles. The molecule has 2 N–H and O–H groups in total. The van der Waals surface area contributed by atoms with Crippen molar-refractivity contribution in [3.05, 3.63) is 12.2 Å². The maximum Gasteiger partial charge on any atom is 0.303 e. The summed E-state index contributed by atoms with van der Waals surface area (Å²) in [6.07, 6.45) is 35.8. The molecule has 0 fully saturated rings. The minimum absolute atomic E-state index is 0.0643. The van der Waals surface area contributed by atoms with Gasteiger partial charge in [-0.1, -0.05) is 109 Å². The first kappa shape index (κ1) is 44.1. The zero-order valence-corrected chi connectivity index (χ0v) is 30.0. The quantitative estimate of drug-likeness (QED) is 0.0393. The number of unbranched alkanes of at least 4 members (excludes halogenated alkanes) is 21. The van der Waals surface area contributed by atoms with Gasteiger partial charge in [-0.15, -0.1) is 0 Å². The van der Waals surface area contributed by atoms with Crippen LogP contribution in [0.25, 0.3) is 0 Å². The molecule has 0 heterocycles. The fraction of sp³-hybridized carbons (Fsp3) is 0.872. The predicted molar refractivity (Wildman–Crippen MR) is 189 cm³/mol. The van der Waals surface area contributed by atoms with Gasteiger partial charge in [0.05, 0.1) is 26.2 Å². The molecule has 0 amide bonds. The van der Waals surface area contributed by atoms with Crippen molar-refractivity contribution in [1.29, 1.82) is 0 Å². The zero-order chi connectivity index (χ0) is 34.0. The molecule has 0 aromatic heterocycles. The van der Waals surface area contributed by atoms with Gasteiger partial charge in [-0.2, -0.15) is 0 Å². The van der Waals surface area contributed by atoms with Crippen molar-refractivity contribution < 1.29 is 34.2 Å². The van der Waals surface area contributed by atoms with Crippen LogP contribution in [0.2, 0.25) is 0 Å². The summed E-state index contributed by atoms with van der Waals surface area (Å²) in [5.74, 6) is -2.56. The molecule has 0 radical (unpaired) electrons. The highest BCUT2D eigenvalue weighted by Crippen LogP contribution is 2.20. The van der Waals surface area contributed by atoms with E-state index in [0.717, 1.165) is 56.3 Å². The van der Waals surface area contributed by atoms with Crippen molar-refractivity contribution in [2.24, 2.45) is 0 Å². The average Bonchev–Trinajstić information content (AvgIpc) is 3.02. The second-order valence-corrected chi connectivity index (χ2v) is 13.8. The molecule has 46 heavy (non-hydrogen) atoms. The van der Waals surface area contributed by atoms with Gasteiger partial charge < -0.3 is 24.6 Å². The molecule has 0 bridgehead atoms. The van der Waals surface area contributed by atoms with Crippen LogP contribution in [0.1, 0.15) is 193 Å². The van der Waals surface area contributed by atoms with E-state index in [1.807, 2.05) is 0 Å². The zero-order valence-electron chi connectivity index (χ0n) is 30.0. The van der Waals surface area contributed by atoms with E-state index in [1.165, 1.54) is 122 Å². The molecule has 0 aliphatic rings. The molecule has 0 aromatic carbocycles. The Morgan fingerprint density at radius 1 is 0.457 bits per heavy atom. The van der Waals surface area contributed by atoms with Gasteiger partial charge in [0.25, 0.3) is 0 Å². The van der Waals surface area contributed by atoms with Crippen LogP contribution >= 0.6 is 0 Å². The Morgan fingerprint density at radius 2 is 0.761 bits per heavy atom. The summed E-state index contributed by atoms with van der Waals surface area (Å²) >= 11 is 0. The number of carboxylic acids is 3. The van der Waals surface area contributed by atoms with E-state index in [9.17, 15) is 19.5 Å². The maximum atomic E-state index is 11.0. The molecule has 270 valence electrons. The van der Waals surface area contributed by atoms with Crippen LogP contribution in [0.4, 0.5) is 0 Å². The van der Waals surface area contributed by atoms with Crippen molar-refractivity contribution in [3.63, 3.8) is 0 Å². The van der Waals surface area contributed by atoms with Gasteiger partial charge in [-0.25, -0.2) is 0 Å². The molecule has 0 spiro atoms. The Labute approximate surface area is 283 Å². The van der Waals surface area contributed by atoms with Crippen molar-refractivity contribution >= 4 is 17.9 Å². The van der Waals surface area contributed by atoms with Crippen LogP contribution < -0.4 is 5.11 Å². The Morgan fingerprint density at radius 3 is 1.11 bits per heavy atom. The molecular formula is C39H73NO6. The number of quaternary nitrogens is 1. The summed E-state index contributed by atoms with van der Waals surface area (Å²) in [5, 5.41) is 29.0. The smallest absolute Gasteiger partial charge is 0.303 e. The maximum absolute atomic E-state index is 11.0. The summed E-state index contributed by atoms with van der Waals surface area (Å²) < 4.78 is 0.848. The third kappa shape index (κ3) is 32.1. The SMILES string of the molecule is CCCCCCCCC/C=C/CCCCCCCCCCCCC[N+](CCCCC(=O)[O-])(CCCCC(=O)O)CCCCC(=O)O. The Kier molecular flexibility index (Phi) is 31.7. The molecule has 0 aromatic rings. The van der Waals surface area contributed by atoms with E-state index >= 15 is 0 Å². The number of allylic oxidation sites excluding steroid dienone is 2. The molecule has 0 aliphatic heterocycles. The highest BCUT2D eigenvalue weighted by atomic mass is 16.4. The van der Waals surface area contributed by atoms with Gasteiger partial charge in [-0.3, -0.25) is 9.59 Å². The molecule has 7 heteroatoms. The first-order valence-electron chi connectivity index (χ1n) is 19.4. The Hall–Kier alpha value is -1.89. The Bertz CT molecular complexity index is 698. The number of rotatable bonds is 37. The average molecular weight is 652 g/mol. The summed E-state index contributed by atoms with van der Waals surface area (Å²) in [5.41, 5.74) is 0. The second-order valence-electron chi connectivity index (χ2n) is 13.8. The standard InChI is InChI=1S/C39H73NO6/c1-2-3-4-5-6-7-8-9-10-11-12-13-14-15-16-17-18-19-20-21-22-26-33-40(34-27-23-30-37(41)42,35-28-24-31-38(43)44)36-29-25-32-39(45)46/h10-11H,2-9,12-36H2,1H3,(H2-,41,42,43,44,45,46)/b11-10+. The van der Waals surface area contributed by atoms with E-state index in [-0.39, 0.29) is 19.3 Å². The molecular weight excluding hydrogens is 578 g/mol. The van der Waals surface area contributed by atoms with Gasteiger partial charge in [0.2, 0.25) is 0 Å². The lowest BCUT2D eigenvalue weighted by atomic mass is 10.0. The highest BCUT2D eigenvalue weighted by molar-refractivity contribution is 5.66. The van der Waals surface area contributed by atoms with Crippen molar-refractivity contribution in [2.75, 3.05) is 26.2 Å². The third-order valence-electron chi connectivity index (χ3n) is 9.45. The minimum Gasteiger partial charge on any atom is -0.550 e. The van der Waals surface area contributed by atoms with Crippen molar-refractivity contribution in [3.8, 4) is 0 Å². The Balaban J connectivity index is 4.16. The largest absolute Gasteiger partial charge is 0.550 e. The molecule has 0 aliphatic carbocycles. The van der Waals surface area contributed by atoms with Gasteiger partial charge in [0.1, 0.15) is 0 Å². The van der Waals surface area contributed by atoms with Gasteiger partial charge in [0.15, 0.2) is 0 Å². The summed E-state index contributed by atoms with van der Waals surface area (Å²) in [6, 6.07) is 0. The van der Waals surface area contributed by atoms with Gasteiger partial charge in [0, 0.05) is 18.8 Å². The van der Waals surface area contributed by atoms with Gasteiger partial charge in [-0.05, 0) is 83.5 Å². The van der Waals surface area contributed by atoms with Crippen LogP contribution in [-0.4, -0.2) is 58.8 Å². The first-order valence-corrected chi connectivity index (χ1v) is 19.4. The van der Waals surface area contributed by atoms with Crippen LogP contribution in [0, 0.1) is 0 Å². The van der Waals surface area contributed by atoms with E-state index < -0.39 is 17.9 Å². The van der Waals surface area contributed by atoms with Crippen LogP contribution in [0.15, 0.2) is 12.2 Å². The number of carbonyl (C=O) groups is 3. The first-order chi connectivity index (χ1) is 22.3. The van der Waals surface area contributed by atoms with E-state index in [0.29, 0.717) is 19.3 Å². The third-order valence-corrected chi connectivity index (χ3v) is 9.45. The number of nitrogens with zero attached hydrogens (tertiary/aromatic N) is 1. The molecule has 0 rings (SSSR count). The van der Waals surface area contributed by atoms with Crippen LogP contribution in [-0.2, 0) is 14.4 Å². The summed E-state index contributed by atoms with van der Waals surface area (Å²) in [7, 11) is 0. The molecule has 0 atom stereocenters. The fourth-order valence-electron chi connectivity index (χ4n) is 6.59. The van der Waals surface area contributed by atoms with E-state index in [1.54, 1.807) is 0 Å². The topological polar surface area (TPSA) is 115 Å².